The first-order valence-corrected chi connectivity index (χ1v) is 6.56. The van der Waals surface area contributed by atoms with E-state index in [9.17, 15) is 4.79 Å². The fourth-order valence-electron chi connectivity index (χ4n) is 2.34. The molecule has 3 rings (SSSR count). The van der Waals surface area contributed by atoms with Gasteiger partial charge in [-0.2, -0.15) is 5.10 Å². The van der Waals surface area contributed by atoms with E-state index in [2.05, 4.69) is 10.4 Å². The number of piperazine rings is 1. The summed E-state index contributed by atoms with van der Waals surface area (Å²) in [5.74, 6) is 0.706. The molecule has 1 fully saturated rings. The summed E-state index contributed by atoms with van der Waals surface area (Å²) in [5, 5.41) is 7.43. The van der Waals surface area contributed by atoms with E-state index in [-0.39, 0.29) is 5.91 Å². The van der Waals surface area contributed by atoms with Crippen LogP contribution < -0.4 is 16.0 Å². The van der Waals surface area contributed by atoms with E-state index in [1.54, 1.807) is 9.58 Å². The van der Waals surface area contributed by atoms with Crippen LogP contribution in [0.4, 0.5) is 11.5 Å². The number of aromatic nitrogens is 2. The Morgan fingerprint density at radius 3 is 2.90 bits per heavy atom. The Bertz CT molecular complexity index is 629. The van der Waals surface area contributed by atoms with Gasteiger partial charge in [0.25, 0.3) is 0 Å². The predicted octanol–water partition coefficient (Wildman–Crippen LogP) is 0.605. The van der Waals surface area contributed by atoms with E-state index >= 15 is 0 Å². The number of aryl methyl sites for hydroxylation is 1. The van der Waals surface area contributed by atoms with Gasteiger partial charge in [-0.1, -0.05) is 12.1 Å². The number of nitrogen functional groups attached to an aromatic ring is 1. The molecule has 0 spiro atoms. The van der Waals surface area contributed by atoms with Crippen molar-refractivity contribution >= 4 is 17.4 Å². The Balaban J connectivity index is 1.95. The van der Waals surface area contributed by atoms with E-state index in [0.29, 0.717) is 18.9 Å². The molecule has 0 radical (unpaired) electrons. The Morgan fingerprint density at radius 1 is 1.35 bits per heavy atom. The maximum atomic E-state index is 11.9. The number of carbonyl (C=O) groups excluding carboxylic acids is 1. The first kappa shape index (κ1) is 12.7. The second kappa shape index (κ2) is 4.97. The molecule has 6 heteroatoms. The van der Waals surface area contributed by atoms with Gasteiger partial charge in [-0.05, 0) is 12.1 Å². The zero-order valence-corrected chi connectivity index (χ0v) is 11.3. The maximum Gasteiger partial charge on any atom is 0.240 e. The average Bonchev–Trinajstić information content (AvgIpc) is 2.79. The predicted molar refractivity (Wildman–Crippen MR) is 78.3 cm³/mol. The van der Waals surface area contributed by atoms with Gasteiger partial charge >= 0.3 is 0 Å². The minimum absolute atomic E-state index is 0.0916. The Labute approximate surface area is 117 Å². The minimum Gasteiger partial charge on any atom is -0.384 e. The zero-order chi connectivity index (χ0) is 14.1. The molecule has 6 nitrogen and oxygen atoms in total. The number of benzene rings is 1. The molecule has 2 aromatic rings. The lowest BCUT2D eigenvalue weighted by Crippen LogP contribution is -2.48. The number of amides is 1. The van der Waals surface area contributed by atoms with Gasteiger partial charge in [0.1, 0.15) is 5.82 Å². The summed E-state index contributed by atoms with van der Waals surface area (Å²) in [7, 11) is 1.81. The van der Waals surface area contributed by atoms with Gasteiger partial charge in [0.05, 0.1) is 12.2 Å². The van der Waals surface area contributed by atoms with Crippen molar-refractivity contribution in [2.75, 3.05) is 30.3 Å². The van der Waals surface area contributed by atoms with Crippen molar-refractivity contribution in [2.45, 2.75) is 0 Å². The number of nitrogens with one attached hydrogen (secondary N) is 1. The molecule has 1 amide bonds. The fourth-order valence-corrected chi connectivity index (χ4v) is 2.34. The fraction of sp³-hybridized carbons (Fsp3) is 0.286. The lowest BCUT2D eigenvalue weighted by Gasteiger charge is -2.27. The summed E-state index contributed by atoms with van der Waals surface area (Å²) in [6.07, 6.45) is 0. The minimum atomic E-state index is 0.0916. The lowest BCUT2D eigenvalue weighted by molar-refractivity contribution is -0.118. The summed E-state index contributed by atoms with van der Waals surface area (Å²) in [6.45, 7) is 1.89. The highest BCUT2D eigenvalue weighted by molar-refractivity contribution is 5.96. The third-order valence-corrected chi connectivity index (χ3v) is 3.46. The SMILES string of the molecule is Cn1nc(-c2cccc(N3CCNCC3=O)c2)cc1N. The number of nitrogens with two attached hydrogens (primary N) is 1. The van der Waals surface area contributed by atoms with Gasteiger partial charge in [-0.3, -0.25) is 9.48 Å². The maximum absolute atomic E-state index is 11.9. The summed E-state index contributed by atoms with van der Waals surface area (Å²) < 4.78 is 1.64. The Hall–Kier alpha value is -2.34. The highest BCUT2D eigenvalue weighted by Gasteiger charge is 2.19. The largest absolute Gasteiger partial charge is 0.384 e. The van der Waals surface area contributed by atoms with Gasteiger partial charge in [-0.25, -0.2) is 0 Å². The van der Waals surface area contributed by atoms with Gasteiger partial charge in [0.2, 0.25) is 5.91 Å². The molecule has 3 N–H and O–H groups in total. The van der Waals surface area contributed by atoms with E-state index in [4.69, 9.17) is 5.73 Å². The molecular weight excluding hydrogens is 254 g/mol. The van der Waals surface area contributed by atoms with E-state index in [1.807, 2.05) is 37.4 Å². The van der Waals surface area contributed by atoms with Crippen LogP contribution in [0.25, 0.3) is 11.3 Å². The van der Waals surface area contributed by atoms with Crippen molar-refractivity contribution in [1.82, 2.24) is 15.1 Å². The molecule has 0 bridgehead atoms. The molecule has 2 heterocycles. The summed E-state index contributed by atoms with van der Waals surface area (Å²) in [5.41, 5.74) is 8.48. The molecule has 104 valence electrons. The van der Waals surface area contributed by atoms with Crippen LogP contribution in [0.5, 0.6) is 0 Å². The van der Waals surface area contributed by atoms with E-state index in [1.165, 1.54) is 0 Å². The van der Waals surface area contributed by atoms with Crippen molar-refractivity contribution in [3.63, 3.8) is 0 Å². The van der Waals surface area contributed by atoms with Crippen LogP contribution >= 0.6 is 0 Å². The first-order valence-electron chi connectivity index (χ1n) is 6.56. The van der Waals surface area contributed by atoms with Gasteiger partial charge in [0, 0.05) is 37.5 Å². The van der Waals surface area contributed by atoms with Crippen molar-refractivity contribution in [1.29, 1.82) is 0 Å². The van der Waals surface area contributed by atoms with Gasteiger partial charge < -0.3 is 16.0 Å². The second-order valence-electron chi connectivity index (χ2n) is 4.85. The second-order valence-corrected chi connectivity index (χ2v) is 4.85. The topological polar surface area (TPSA) is 76.2 Å². The van der Waals surface area contributed by atoms with Crippen LogP contribution in [0.15, 0.2) is 30.3 Å². The third-order valence-electron chi connectivity index (χ3n) is 3.46. The van der Waals surface area contributed by atoms with Gasteiger partial charge in [0.15, 0.2) is 0 Å². The van der Waals surface area contributed by atoms with Crippen LogP contribution in [0.3, 0.4) is 0 Å². The number of hydrogen-bond acceptors (Lipinski definition) is 4. The molecule has 1 aromatic carbocycles. The molecule has 0 unspecified atom stereocenters. The van der Waals surface area contributed by atoms with Crippen LogP contribution in [0, 0.1) is 0 Å². The molecular formula is C14H17N5O. The van der Waals surface area contributed by atoms with Crippen molar-refractivity contribution in [2.24, 2.45) is 7.05 Å². The average molecular weight is 271 g/mol. The van der Waals surface area contributed by atoms with Crippen LogP contribution in [0.1, 0.15) is 0 Å². The van der Waals surface area contributed by atoms with Crippen molar-refractivity contribution < 1.29 is 4.79 Å². The van der Waals surface area contributed by atoms with E-state index < -0.39 is 0 Å². The monoisotopic (exact) mass is 271 g/mol. The molecule has 1 aliphatic heterocycles. The number of rotatable bonds is 2. The highest BCUT2D eigenvalue weighted by atomic mass is 16.2. The summed E-state index contributed by atoms with van der Waals surface area (Å²) >= 11 is 0. The Morgan fingerprint density at radius 2 is 2.20 bits per heavy atom. The summed E-state index contributed by atoms with van der Waals surface area (Å²) in [6, 6.07) is 9.66. The number of carbonyl (C=O) groups is 1. The molecule has 0 atom stereocenters. The van der Waals surface area contributed by atoms with E-state index in [0.717, 1.165) is 23.5 Å². The quantitative estimate of drug-likeness (QED) is 0.839. The normalized spacial score (nSPS) is 15.7. The molecule has 20 heavy (non-hydrogen) atoms. The molecule has 0 aliphatic carbocycles. The van der Waals surface area contributed by atoms with Crippen LogP contribution in [0.2, 0.25) is 0 Å². The molecule has 0 saturated carbocycles. The van der Waals surface area contributed by atoms with Crippen molar-refractivity contribution in [3.8, 4) is 11.3 Å². The molecule has 1 aliphatic rings. The third kappa shape index (κ3) is 2.25. The standard InChI is InChI=1S/C14H17N5O/c1-18-13(15)8-12(17-18)10-3-2-4-11(7-10)19-6-5-16-9-14(19)20/h2-4,7-8,16H,5-6,9,15H2,1H3. The zero-order valence-electron chi connectivity index (χ0n) is 11.3. The smallest absolute Gasteiger partial charge is 0.240 e. The number of anilines is 2. The number of nitrogens with zero attached hydrogens (tertiary/aromatic N) is 3. The highest BCUT2D eigenvalue weighted by Crippen LogP contribution is 2.25. The summed E-state index contributed by atoms with van der Waals surface area (Å²) in [4.78, 5) is 13.7. The number of hydrogen-bond donors (Lipinski definition) is 2. The molecule has 1 saturated heterocycles. The van der Waals surface area contributed by atoms with Crippen LogP contribution in [-0.2, 0) is 11.8 Å². The molecule has 1 aromatic heterocycles. The Kier molecular flexibility index (Phi) is 3.15. The van der Waals surface area contributed by atoms with Crippen LogP contribution in [-0.4, -0.2) is 35.3 Å². The van der Waals surface area contributed by atoms with Crippen molar-refractivity contribution in [3.05, 3.63) is 30.3 Å². The lowest BCUT2D eigenvalue weighted by atomic mass is 10.1. The first-order chi connectivity index (χ1) is 9.65. The van der Waals surface area contributed by atoms with Gasteiger partial charge in [-0.15, -0.1) is 0 Å².